The second-order valence-corrected chi connectivity index (χ2v) is 4.38. The van der Waals surface area contributed by atoms with Crippen LogP contribution in [0.5, 0.6) is 0 Å². The van der Waals surface area contributed by atoms with Crippen LogP contribution in [0.15, 0.2) is 42.6 Å². The van der Waals surface area contributed by atoms with Gasteiger partial charge in [-0.05, 0) is 30.7 Å². The summed E-state index contributed by atoms with van der Waals surface area (Å²) in [4.78, 5) is 15.8. The highest BCUT2D eigenvalue weighted by molar-refractivity contribution is 6.31. The SMILES string of the molecule is O=C(CCc1ccccn1)Nc1cccc(Cl)c1F. The van der Waals surface area contributed by atoms with Gasteiger partial charge in [0.05, 0.1) is 10.7 Å². The summed E-state index contributed by atoms with van der Waals surface area (Å²) >= 11 is 5.63. The lowest BCUT2D eigenvalue weighted by molar-refractivity contribution is -0.116. The standard InChI is InChI=1S/C14H12ClFN2O/c15-11-5-3-6-12(14(11)16)18-13(19)8-7-10-4-1-2-9-17-10/h1-6,9H,7-8H2,(H,18,19). The Morgan fingerprint density at radius 1 is 1.26 bits per heavy atom. The molecule has 1 heterocycles. The van der Waals surface area contributed by atoms with E-state index in [0.717, 1.165) is 5.69 Å². The lowest BCUT2D eigenvalue weighted by Gasteiger charge is -2.07. The van der Waals surface area contributed by atoms with E-state index in [4.69, 9.17) is 11.6 Å². The number of benzene rings is 1. The Morgan fingerprint density at radius 3 is 2.84 bits per heavy atom. The maximum Gasteiger partial charge on any atom is 0.224 e. The maximum atomic E-state index is 13.6. The molecular weight excluding hydrogens is 267 g/mol. The molecule has 0 radical (unpaired) electrons. The smallest absolute Gasteiger partial charge is 0.224 e. The van der Waals surface area contributed by atoms with Crippen LogP contribution in [-0.2, 0) is 11.2 Å². The molecule has 1 aromatic heterocycles. The molecule has 0 unspecified atom stereocenters. The van der Waals surface area contributed by atoms with Crippen LogP contribution < -0.4 is 5.32 Å². The van der Waals surface area contributed by atoms with Gasteiger partial charge in [-0.3, -0.25) is 9.78 Å². The number of hydrogen-bond donors (Lipinski definition) is 1. The number of anilines is 1. The molecule has 0 saturated carbocycles. The second kappa shape index (κ2) is 6.29. The summed E-state index contributed by atoms with van der Waals surface area (Å²) < 4.78 is 13.6. The first-order valence-corrected chi connectivity index (χ1v) is 6.18. The van der Waals surface area contributed by atoms with Crippen LogP contribution in [0.2, 0.25) is 5.02 Å². The van der Waals surface area contributed by atoms with Gasteiger partial charge in [0.2, 0.25) is 5.91 Å². The van der Waals surface area contributed by atoms with E-state index in [1.165, 1.54) is 12.1 Å². The third-order valence-electron chi connectivity index (χ3n) is 2.56. The molecule has 1 N–H and O–H groups in total. The van der Waals surface area contributed by atoms with Crippen molar-refractivity contribution in [3.63, 3.8) is 0 Å². The number of nitrogens with one attached hydrogen (secondary N) is 1. The van der Waals surface area contributed by atoms with E-state index in [0.29, 0.717) is 6.42 Å². The fraction of sp³-hybridized carbons (Fsp3) is 0.143. The van der Waals surface area contributed by atoms with Crippen LogP contribution in [0.25, 0.3) is 0 Å². The summed E-state index contributed by atoms with van der Waals surface area (Å²) in [6.45, 7) is 0. The van der Waals surface area contributed by atoms with Gasteiger partial charge in [0.15, 0.2) is 5.82 Å². The number of carbonyl (C=O) groups excluding carboxylic acids is 1. The zero-order chi connectivity index (χ0) is 13.7. The molecule has 2 rings (SSSR count). The Bertz CT molecular complexity index is 575. The van der Waals surface area contributed by atoms with E-state index >= 15 is 0 Å². The summed E-state index contributed by atoms with van der Waals surface area (Å²) in [6, 6.07) is 10.00. The molecular formula is C14H12ClFN2O. The number of aromatic nitrogens is 1. The zero-order valence-electron chi connectivity index (χ0n) is 10.1. The molecule has 0 fully saturated rings. The van der Waals surface area contributed by atoms with Crippen molar-refractivity contribution in [3.8, 4) is 0 Å². The van der Waals surface area contributed by atoms with Crippen LogP contribution in [0.3, 0.4) is 0 Å². The molecule has 5 heteroatoms. The van der Waals surface area contributed by atoms with Gasteiger partial charge in [-0.15, -0.1) is 0 Å². The molecule has 0 aliphatic heterocycles. The van der Waals surface area contributed by atoms with Crippen molar-refractivity contribution in [2.24, 2.45) is 0 Å². The lowest BCUT2D eigenvalue weighted by atomic mass is 10.2. The molecule has 0 bridgehead atoms. The van der Waals surface area contributed by atoms with E-state index < -0.39 is 5.82 Å². The topological polar surface area (TPSA) is 42.0 Å². The van der Waals surface area contributed by atoms with Gasteiger partial charge in [0.25, 0.3) is 0 Å². The number of rotatable bonds is 4. The average molecular weight is 279 g/mol. The minimum Gasteiger partial charge on any atom is -0.324 e. The molecule has 0 spiro atoms. The van der Waals surface area contributed by atoms with Crippen molar-refractivity contribution in [3.05, 3.63) is 59.1 Å². The monoisotopic (exact) mass is 278 g/mol. The lowest BCUT2D eigenvalue weighted by Crippen LogP contribution is -2.13. The van der Waals surface area contributed by atoms with Crippen molar-refractivity contribution in [1.29, 1.82) is 0 Å². The molecule has 1 amide bonds. The Labute approximate surface area is 115 Å². The van der Waals surface area contributed by atoms with Gasteiger partial charge >= 0.3 is 0 Å². The Morgan fingerprint density at radius 2 is 2.11 bits per heavy atom. The highest BCUT2D eigenvalue weighted by atomic mass is 35.5. The van der Waals surface area contributed by atoms with Crippen LogP contribution in [0.4, 0.5) is 10.1 Å². The number of hydrogen-bond acceptors (Lipinski definition) is 2. The maximum absolute atomic E-state index is 13.6. The summed E-state index contributed by atoms with van der Waals surface area (Å²) in [6.07, 6.45) is 2.42. The Balaban J connectivity index is 1.93. The van der Waals surface area contributed by atoms with Crippen LogP contribution in [0, 0.1) is 5.82 Å². The van der Waals surface area contributed by atoms with Crippen LogP contribution in [0.1, 0.15) is 12.1 Å². The molecule has 0 saturated heterocycles. The summed E-state index contributed by atoms with van der Waals surface area (Å²) in [7, 11) is 0. The number of aryl methyl sites for hydroxylation is 1. The van der Waals surface area contributed by atoms with E-state index in [9.17, 15) is 9.18 Å². The third kappa shape index (κ3) is 3.76. The highest BCUT2D eigenvalue weighted by Crippen LogP contribution is 2.22. The Hall–Kier alpha value is -1.94. The van der Waals surface area contributed by atoms with E-state index in [1.54, 1.807) is 12.3 Å². The van der Waals surface area contributed by atoms with E-state index in [-0.39, 0.29) is 23.0 Å². The van der Waals surface area contributed by atoms with Gasteiger partial charge in [-0.25, -0.2) is 4.39 Å². The van der Waals surface area contributed by atoms with Gasteiger partial charge in [0.1, 0.15) is 0 Å². The minimum absolute atomic E-state index is 0.0115. The number of pyridine rings is 1. The first-order chi connectivity index (χ1) is 9.16. The molecule has 98 valence electrons. The first-order valence-electron chi connectivity index (χ1n) is 5.80. The predicted molar refractivity (Wildman–Crippen MR) is 72.6 cm³/mol. The number of carbonyl (C=O) groups is 1. The Kier molecular flexibility index (Phi) is 4.47. The minimum atomic E-state index is -0.615. The van der Waals surface area contributed by atoms with Crippen LogP contribution in [-0.4, -0.2) is 10.9 Å². The van der Waals surface area contributed by atoms with Crippen molar-refractivity contribution in [1.82, 2.24) is 4.98 Å². The molecule has 2 aromatic rings. The van der Waals surface area contributed by atoms with Gasteiger partial charge in [-0.2, -0.15) is 0 Å². The summed E-state index contributed by atoms with van der Waals surface area (Å²) in [5, 5.41) is 2.48. The molecule has 19 heavy (non-hydrogen) atoms. The second-order valence-electron chi connectivity index (χ2n) is 3.97. The van der Waals surface area contributed by atoms with Crippen molar-refractivity contribution in [2.75, 3.05) is 5.32 Å². The van der Waals surface area contributed by atoms with E-state index in [1.807, 2.05) is 18.2 Å². The van der Waals surface area contributed by atoms with Gasteiger partial charge in [0, 0.05) is 18.3 Å². The third-order valence-corrected chi connectivity index (χ3v) is 2.85. The van der Waals surface area contributed by atoms with Crippen molar-refractivity contribution in [2.45, 2.75) is 12.8 Å². The van der Waals surface area contributed by atoms with E-state index in [2.05, 4.69) is 10.3 Å². The zero-order valence-corrected chi connectivity index (χ0v) is 10.8. The largest absolute Gasteiger partial charge is 0.324 e. The molecule has 0 aliphatic carbocycles. The molecule has 3 nitrogen and oxygen atoms in total. The normalized spacial score (nSPS) is 10.2. The first kappa shape index (κ1) is 13.5. The molecule has 0 aliphatic rings. The molecule has 0 atom stereocenters. The average Bonchev–Trinajstić information content (AvgIpc) is 2.43. The van der Waals surface area contributed by atoms with Gasteiger partial charge < -0.3 is 5.32 Å². The number of amides is 1. The van der Waals surface area contributed by atoms with Crippen molar-refractivity contribution < 1.29 is 9.18 Å². The summed E-state index contributed by atoms with van der Waals surface area (Å²) in [5.41, 5.74) is 0.919. The molecule has 1 aromatic carbocycles. The predicted octanol–water partition coefficient (Wildman–Crippen LogP) is 3.45. The van der Waals surface area contributed by atoms with Gasteiger partial charge in [-0.1, -0.05) is 23.7 Å². The highest BCUT2D eigenvalue weighted by Gasteiger charge is 2.09. The fourth-order valence-corrected chi connectivity index (χ4v) is 1.78. The number of nitrogens with zero attached hydrogens (tertiary/aromatic N) is 1. The van der Waals surface area contributed by atoms with Crippen LogP contribution >= 0.6 is 11.6 Å². The summed E-state index contributed by atoms with van der Waals surface area (Å²) in [5.74, 6) is -0.887. The van der Waals surface area contributed by atoms with Crippen molar-refractivity contribution >= 4 is 23.2 Å². The fourth-order valence-electron chi connectivity index (χ4n) is 1.60. The number of halogens is 2. The quantitative estimate of drug-likeness (QED) is 0.931.